The number of amides is 1. The number of carbonyl (C=O) groups is 1. The predicted octanol–water partition coefficient (Wildman–Crippen LogP) is 5.21. The first-order valence-electron chi connectivity index (χ1n) is 12.9. The largest absolute Gasteiger partial charge is 0.320 e. The summed E-state index contributed by atoms with van der Waals surface area (Å²) in [5.41, 5.74) is 9.45. The molecule has 34 heavy (non-hydrogen) atoms. The topological polar surface area (TPSA) is 76.2 Å². The Balaban J connectivity index is 1.42. The third kappa shape index (κ3) is 4.37. The highest BCUT2D eigenvalue weighted by molar-refractivity contribution is 5.94. The Labute approximate surface area is 202 Å². The Morgan fingerprint density at radius 1 is 1.00 bits per heavy atom. The van der Waals surface area contributed by atoms with Gasteiger partial charge in [0.05, 0.1) is 17.1 Å². The molecule has 2 fully saturated rings. The number of aromatic nitrogens is 2. The number of piperidine rings is 1. The second-order valence-corrected chi connectivity index (χ2v) is 10.1. The lowest BCUT2D eigenvalue weighted by atomic mass is 9.79. The molecule has 1 aromatic heterocycles. The second kappa shape index (κ2) is 9.88. The van der Waals surface area contributed by atoms with E-state index < -0.39 is 6.04 Å². The monoisotopic (exact) mass is 459 g/mol. The Kier molecular flexibility index (Phi) is 6.70. The van der Waals surface area contributed by atoms with E-state index in [4.69, 9.17) is 10.7 Å². The molecule has 1 unspecified atom stereocenters. The van der Waals surface area contributed by atoms with E-state index in [1.54, 1.807) is 6.92 Å². The highest BCUT2D eigenvalue weighted by Gasteiger charge is 2.40. The maximum absolute atomic E-state index is 12.4. The number of anilines is 1. The van der Waals surface area contributed by atoms with Crippen LogP contribution in [-0.4, -0.2) is 39.5 Å². The molecule has 2 heterocycles. The van der Waals surface area contributed by atoms with Crippen LogP contribution in [0.4, 0.5) is 5.95 Å². The van der Waals surface area contributed by atoms with E-state index in [0.29, 0.717) is 12.0 Å². The number of likely N-dealkylation sites (tertiary alicyclic amines) is 1. The smallest absolute Gasteiger partial charge is 0.243 e. The number of nitrogens with two attached hydrogens (primary N) is 1. The number of hydrogen-bond acceptors (Lipinski definition) is 4. The fourth-order valence-electron chi connectivity index (χ4n) is 6.13. The summed E-state index contributed by atoms with van der Waals surface area (Å²) in [6.07, 6.45) is 9.84. The van der Waals surface area contributed by atoms with E-state index in [1.165, 1.54) is 44.1 Å². The minimum absolute atomic E-state index is 0.145. The normalized spacial score (nSPS) is 20.6. The molecular weight excluding hydrogens is 422 g/mol. The lowest BCUT2D eigenvalue weighted by Crippen LogP contribution is -2.50. The Morgan fingerprint density at radius 2 is 1.65 bits per heavy atom. The molecule has 1 atom stereocenters. The van der Waals surface area contributed by atoms with Crippen molar-refractivity contribution in [2.24, 2.45) is 5.73 Å². The number of benzene rings is 2. The number of nitrogens with zero attached hydrogens (tertiary/aromatic N) is 3. The molecule has 1 saturated heterocycles. The summed E-state index contributed by atoms with van der Waals surface area (Å²) in [5.74, 6) is 0.421. The SMILES string of the molecule is CC(N)C(=O)Nc1nc2ccccc2n1C1CCN(C2(c3ccccc3)CCCCCC2)CC1. The summed E-state index contributed by atoms with van der Waals surface area (Å²) in [7, 11) is 0. The maximum Gasteiger partial charge on any atom is 0.243 e. The van der Waals surface area contributed by atoms with Gasteiger partial charge >= 0.3 is 0 Å². The van der Waals surface area contributed by atoms with Crippen LogP contribution in [0.15, 0.2) is 54.6 Å². The standard InChI is InChI=1S/C28H37N5O/c1-21(29)26(34)31-27-30-24-13-7-8-14-25(24)33(27)23-15-19-32(20-16-23)28(17-9-2-3-10-18-28)22-11-5-4-6-12-22/h4-8,11-14,21,23H,2-3,9-10,15-20,29H2,1H3,(H,30,31,34). The van der Waals surface area contributed by atoms with Crippen molar-refractivity contribution in [1.29, 1.82) is 0 Å². The maximum atomic E-state index is 12.4. The molecule has 1 amide bonds. The van der Waals surface area contributed by atoms with E-state index >= 15 is 0 Å². The highest BCUT2D eigenvalue weighted by Crippen LogP contribution is 2.44. The molecule has 5 rings (SSSR count). The van der Waals surface area contributed by atoms with Crippen molar-refractivity contribution in [2.75, 3.05) is 18.4 Å². The van der Waals surface area contributed by atoms with E-state index in [2.05, 4.69) is 51.2 Å². The summed E-state index contributed by atoms with van der Waals surface area (Å²) < 4.78 is 2.25. The quantitative estimate of drug-likeness (QED) is 0.514. The van der Waals surface area contributed by atoms with Crippen LogP contribution in [0.3, 0.4) is 0 Å². The van der Waals surface area contributed by atoms with Crippen molar-refractivity contribution in [3.8, 4) is 0 Å². The molecular formula is C28H37N5O. The van der Waals surface area contributed by atoms with Gasteiger partial charge in [-0.2, -0.15) is 0 Å². The van der Waals surface area contributed by atoms with Crippen LogP contribution in [0.2, 0.25) is 0 Å². The van der Waals surface area contributed by atoms with E-state index in [-0.39, 0.29) is 11.4 Å². The molecule has 0 radical (unpaired) electrons. The van der Waals surface area contributed by atoms with Crippen LogP contribution < -0.4 is 11.1 Å². The Hall–Kier alpha value is -2.70. The van der Waals surface area contributed by atoms with Crippen LogP contribution in [-0.2, 0) is 10.3 Å². The first-order valence-corrected chi connectivity index (χ1v) is 12.9. The molecule has 6 heteroatoms. The van der Waals surface area contributed by atoms with Crippen LogP contribution >= 0.6 is 0 Å². The average molecular weight is 460 g/mol. The van der Waals surface area contributed by atoms with Crippen molar-refractivity contribution >= 4 is 22.9 Å². The first-order chi connectivity index (χ1) is 16.6. The molecule has 1 saturated carbocycles. The van der Waals surface area contributed by atoms with Crippen molar-refractivity contribution in [2.45, 2.75) is 75.9 Å². The zero-order valence-electron chi connectivity index (χ0n) is 20.2. The van der Waals surface area contributed by atoms with Gasteiger partial charge in [-0.1, -0.05) is 68.1 Å². The van der Waals surface area contributed by atoms with Crippen molar-refractivity contribution in [3.05, 3.63) is 60.2 Å². The van der Waals surface area contributed by atoms with Gasteiger partial charge in [0.2, 0.25) is 11.9 Å². The fraction of sp³-hybridized carbons (Fsp3) is 0.500. The van der Waals surface area contributed by atoms with Gasteiger partial charge in [-0.15, -0.1) is 0 Å². The van der Waals surface area contributed by atoms with Gasteiger partial charge in [-0.25, -0.2) is 4.98 Å². The van der Waals surface area contributed by atoms with Gasteiger partial charge in [-0.3, -0.25) is 15.0 Å². The van der Waals surface area contributed by atoms with Gasteiger partial charge < -0.3 is 10.3 Å². The van der Waals surface area contributed by atoms with E-state index in [9.17, 15) is 4.79 Å². The number of para-hydroxylation sites is 2. The van der Waals surface area contributed by atoms with Gasteiger partial charge in [0.1, 0.15) is 0 Å². The summed E-state index contributed by atoms with van der Waals surface area (Å²) in [6, 6.07) is 19.1. The number of carbonyl (C=O) groups excluding carboxylic acids is 1. The van der Waals surface area contributed by atoms with Crippen LogP contribution in [0.1, 0.15) is 69.9 Å². The summed E-state index contributed by atoms with van der Waals surface area (Å²) in [6.45, 7) is 3.80. The number of nitrogens with one attached hydrogen (secondary N) is 1. The van der Waals surface area contributed by atoms with Crippen molar-refractivity contribution in [1.82, 2.24) is 14.5 Å². The zero-order chi connectivity index (χ0) is 23.5. The van der Waals surface area contributed by atoms with E-state index in [1.807, 2.05) is 18.2 Å². The van der Waals surface area contributed by atoms with E-state index in [0.717, 1.165) is 37.0 Å². The summed E-state index contributed by atoms with van der Waals surface area (Å²) in [5, 5.41) is 2.99. The average Bonchev–Trinajstić information content (AvgIpc) is 3.04. The Bertz CT molecular complexity index is 1110. The number of rotatable bonds is 5. The van der Waals surface area contributed by atoms with Crippen LogP contribution in [0.25, 0.3) is 11.0 Å². The molecule has 2 aromatic carbocycles. The highest BCUT2D eigenvalue weighted by atomic mass is 16.2. The van der Waals surface area contributed by atoms with Crippen LogP contribution in [0.5, 0.6) is 0 Å². The van der Waals surface area contributed by atoms with Gasteiger partial charge in [-0.05, 0) is 50.3 Å². The third-order valence-electron chi connectivity index (χ3n) is 7.92. The molecule has 1 aliphatic heterocycles. The predicted molar refractivity (Wildman–Crippen MR) is 138 cm³/mol. The number of fused-ring (bicyclic) bond motifs is 1. The molecule has 3 aromatic rings. The molecule has 2 aliphatic rings. The Morgan fingerprint density at radius 3 is 2.32 bits per heavy atom. The molecule has 0 bridgehead atoms. The zero-order valence-corrected chi connectivity index (χ0v) is 20.2. The first kappa shape index (κ1) is 23.1. The lowest BCUT2D eigenvalue weighted by Gasteiger charge is -2.48. The molecule has 180 valence electrons. The molecule has 6 nitrogen and oxygen atoms in total. The second-order valence-electron chi connectivity index (χ2n) is 10.1. The summed E-state index contributed by atoms with van der Waals surface area (Å²) >= 11 is 0. The summed E-state index contributed by atoms with van der Waals surface area (Å²) in [4.78, 5) is 19.9. The van der Waals surface area contributed by atoms with Crippen LogP contribution in [0, 0.1) is 0 Å². The third-order valence-corrected chi connectivity index (χ3v) is 7.92. The number of imidazole rings is 1. The van der Waals surface area contributed by atoms with Gasteiger partial charge in [0.15, 0.2) is 0 Å². The van der Waals surface area contributed by atoms with Gasteiger partial charge in [0, 0.05) is 24.7 Å². The van der Waals surface area contributed by atoms with Crippen molar-refractivity contribution in [3.63, 3.8) is 0 Å². The van der Waals surface area contributed by atoms with Gasteiger partial charge in [0.25, 0.3) is 0 Å². The van der Waals surface area contributed by atoms with Crippen molar-refractivity contribution < 1.29 is 4.79 Å². The number of hydrogen-bond donors (Lipinski definition) is 2. The fourth-order valence-corrected chi connectivity index (χ4v) is 6.13. The molecule has 1 aliphatic carbocycles. The molecule has 0 spiro atoms. The minimum Gasteiger partial charge on any atom is -0.320 e. The minimum atomic E-state index is -0.573. The lowest BCUT2D eigenvalue weighted by molar-refractivity contribution is -0.117. The molecule has 3 N–H and O–H groups in total.